The number of hydrogen-bond donors (Lipinski definition) is 1. The summed E-state index contributed by atoms with van der Waals surface area (Å²) in [6.07, 6.45) is 2.94. The molecule has 0 radical (unpaired) electrons. The first-order valence-electron chi connectivity index (χ1n) is 4.45. The van der Waals surface area contributed by atoms with E-state index in [1.54, 1.807) is 13.1 Å². The van der Waals surface area contributed by atoms with Crippen LogP contribution in [-0.2, 0) is 0 Å². The Balaban J connectivity index is 2.97. The molecule has 0 fully saturated rings. The average Bonchev–Trinajstić information content (AvgIpc) is 2.17. The molecule has 0 aliphatic carbocycles. The van der Waals surface area contributed by atoms with Gasteiger partial charge in [-0.1, -0.05) is 0 Å². The minimum Gasteiger partial charge on any atom is -0.306 e. The Kier molecular flexibility index (Phi) is 2.07. The summed E-state index contributed by atoms with van der Waals surface area (Å²) in [5.41, 5.74) is 0.864. The molecule has 0 atom stereocenters. The van der Waals surface area contributed by atoms with Gasteiger partial charge in [0.15, 0.2) is 5.78 Å². The standard InChI is InChI=1S/C10H9N3O2/c1-5-7-3-11-4-12-9(7)13-10(15)8(5)6(2)14/h3-4H,1-2H3,(H,11,12,13,15). The van der Waals surface area contributed by atoms with Crippen molar-refractivity contribution in [3.05, 3.63) is 34.0 Å². The molecular weight excluding hydrogens is 194 g/mol. The molecule has 0 aliphatic heterocycles. The lowest BCUT2D eigenvalue weighted by molar-refractivity contribution is 0.101. The number of nitrogens with zero attached hydrogens (tertiary/aromatic N) is 2. The lowest BCUT2D eigenvalue weighted by Gasteiger charge is -2.03. The summed E-state index contributed by atoms with van der Waals surface area (Å²) in [6.45, 7) is 3.09. The summed E-state index contributed by atoms with van der Waals surface area (Å²) in [7, 11) is 0. The Morgan fingerprint density at radius 3 is 2.87 bits per heavy atom. The first kappa shape index (κ1) is 9.51. The largest absolute Gasteiger partial charge is 0.306 e. The Morgan fingerprint density at radius 2 is 2.20 bits per heavy atom. The van der Waals surface area contributed by atoms with Gasteiger partial charge in [-0.05, 0) is 19.4 Å². The van der Waals surface area contributed by atoms with E-state index in [-0.39, 0.29) is 11.3 Å². The maximum atomic E-state index is 11.6. The molecule has 0 bridgehead atoms. The van der Waals surface area contributed by atoms with E-state index in [0.29, 0.717) is 16.6 Å². The second kappa shape index (κ2) is 3.27. The molecule has 2 rings (SSSR count). The number of hydrogen-bond acceptors (Lipinski definition) is 4. The quantitative estimate of drug-likeness (QED) is 0.696. The van der Waals surface area contributed by atoms with Crippen molar-refractivity contribution in [3.63, 3.8) is 0 Å². The topological polar surface area (TPSA) is 75.7 Å². The van der Waals surface area contributed by atoms with E-state index in [1.165, 1.54) is 13.3 Å². The molecule has 76 valence electrons. The van der Waals surface area contributed by atoms with Gasteiger partial charge in [-0.15, -0.1) is 0 Å². The van der Waals surface area contributed by atoms with Gasteiger partial charge >= 0.3 is 0 Å². The average molecular weight is 203 g/mol. The van der Waals surface area contributed by atoms with E-state index in [9.17, 15) is 9.59 Å². The minimum atomic E-state index is -0.397. The summed E-state index contributed by atoms with van der Waals surface area (Å²) in [6, 6.07) is 0. The van der Waals surface area contributed by atoms with Crippen LogP contribution in [0.25, 0.3) is 11.0 Å². The van der Waals surface area contributed by atoms with Gasteiger partial charge in [0.25, 0.3) is 5.56 Å². The Labute approximate surface area is 85.2 Å². The van der Waals surface area contributed by atoms with Crippen molar-refractivity contribution in [1.29, 1.82) is 0 Å². The molecule has 2 heterocycles. The molecule has 0 unspecified atom stereocenters. The smallest absolute Gasteiger partial charge is 0.260 e. The van der Waals surface area contributed by atoms with Gasteiger partial charge in [-0.2, -0.15) is 0 Å². The van der Waals surface area contributed by atoms with Crippen molar-refractivity contribution >= 4 is 16.8 Å². The van der Waals surface area contributed by atoms with Crippen molar-refractivity contribution in [2.75, 3.05) is 0 Å². The van der Waals surface area contributed by atoms with E-state index in [0.717, 1.165) is 0 Å². The van der Waals surface area contributed by atoms with Gasteiger partial charge in [-0.25, -0.2) is 9.97 Å². The van der Waals surface area contributed by atoms with Crippen LogP contribution < -0.4 is 5.56 Å². The number of rotatable bonds is 1. The zero-order valence-electron chi connectivity index (χ0n) is 8.37. The molecule has 0 saturated carbocycles. The third-order valence-corrected chi connectivity index (χ3v) is 2.30. The molecule has 2 aromatic heterocycles. The highest BCUT2D eigenvalue weighted by Crippen LogP contribution is 2.13. The normalized spacial score (nSPS) is 10.5. The fourth-order valence-electron chi connectivity index (χ4n) is 1.60. The highest BCUT2D eigenvalue weighted by molar-refractivity contribution is 5.98. The van der Waals surface area contributed by atoms with Crippen LogP contribution in [-0.4, -0.2) is 20.7 Å². The van der Waals surface area contributed by atoms with Gasteiger partial charge in [0.2, 0.25) is 0 Å². The number of aryl methyl sites for hydroxylation is 1. The number of nitrogens with one attached hydrogen (secondary N) is 1. The van der Waals surface area contributed by atoms with Crippen molar-refractivity contribution in [1.82, 2.24) is 15.0 Å². The zero-order chi connectivity index (χ0) is 11.0. The van der Waals surface area contributed by atoms with Crippen molar-refractivity contribution in [2.24, 2.45) is 0 Å². The number of aromatic amines is 1. The van der Waals surface area contributed by atoms with E-state index in [1.807, 2.05) is 0 Å². The highest BCUT2D eigenvalue weighted by Gasteiger charge is 2.13. The van der Waals surface area contributed by atoms with Crippen LogP contribution in [0.1, 0.15) is 22.8 Å². The summed E-state index contributed by atoms with van der Waals surface area (Å²) < 4.78 is 0. The summed E-state index contributed by atoms with van der Waals surface area (Å²) >= 11 is 0. The molecule has 5 nitrogen and oxygen atoms in total. The number of carbonyl (C=O) groups is 1. The number of ketones is 1. The van der Waals surface area contributed by atoms with Gasteiger partial charge in [0, 0.05) is 11.6 Å². The third-order valence-electron chi connectivity index (χ3n) is 2.30. The Morgan fingerprint density at radius 1 is 1.47 bits per heavy atom. The predicted octanol–water partition coefficient (Wildman–Crippen LogP) is 0.829. The monoisotopic (exact) mass is 203 g/mol. The number of aromatic nitrogens is 3. The number of fused-ring (bicyclic) bond motifs is 1. The molecule has 1 N–H and O–H groups in total. The van der Waals surface area contributed by atoms with Gasteiger partial charge < -0.3 is 4.98 Å². The SMILES string of the molecule is CC(=O)c1c(C)c2cncnc2[nH]c1=O. The van der Waals surface area contributed by atoms with Crippen LogP contribution in [0.15, 0.2) is 17.3 Å². The lowest BCUT2D eigenvalue weighted by atomic mass is 10.1. The summed E-state index contributed by atoms with van der Waals surface area (Å²) in [5, 5.41) is 0.697. The molecule has 15 heavy (non-hydrogen) atoms. The van der Waals surface area contributed by atoms with Gasteiger partial charge in [-0.3, -0.25) is 9.59 Å². The van der Waals surface area contributed by atoms with E-state index >= 15 is 0 Å². The summed E-state index contributed by atoms with van der Waals surface area (Å²) in [5.74, 6) is -0.250. The van der Waals surface area contributed by atoms with E-state index in [2.05, 4.69) is 15.0 Å². The number of pyridine rings is 1. The molecule has 2 aromatic rings. The molecular formula is C10H9N3O2. The van der Waals surface area contributed by atoms with Crippen LogP contribution in [0.4, 0.5) is 0 Å². The fraction of sp³-hybridized carbons (Fsp3) is 0.200. The predicted molar refractivity (Wildman–Crippen MR) is 54.9 cm³/mol. The first-order chi connectivity index (χ1) is 7.11. The Bertz CT molecular complexity index is 601. The molecule has 0 amide bonds. The zero-order valence-corrected chi connectivity index (χ0v) is 8.37. The second-order valence-corrected chi connectivity index (χ2v) is 3.30. The van der Waals surface area contributed by atoms with Gasteiger partial charge in [0.1, 0.15) is 12.0 Å². The summed E-state index contributed by atoms with van der Waals surface area (Å²) in [4.78, 5) is 33.2. The van der Waals surface area contributed by atoms with Crippen molar-refractivity contribution in [2.45, 2.75) is 13.8 Å². The lowest BCUT2D eigenvalue weighted by Crippen LogP contribution is -2.18. The number of carbonyl (C=O) groups excluding carboxylic acids is 1. The molecule has 5 heteroatoms. The molecule has 0 spiro atoms. The number of H-pyrrole nitrogens is 1. The van der Waals surface area contributed by atoms with Crippen LogP contribution in [0.2, 0.25) is 0 Å². The minimum absolute atomic E-state index is 0.178. The van der Waals surface area contributed by atoms with Crippen LogP contribution in [0.3, 0.4) is 0 Å². The van der Waals surface area contributed by atoms with Crippen molar-refractivity contribution in [3.8, 4) is 0 Å². The maximum absolute atomic E-state index is 11.6. The highest BCUT2D eigenvalue weighted by atomic mass is 16.1. The fourth-order valence-corrected chi connectivity index (χ4v) is 1.60. The van der Waals surface area contributed by atoms with Gasteiger partial charge in [0.05, 0.1) is 5.56 Å². The Hall–Kier alpha value is -2.04. The molecule has 0 aliphatic rings. The number of Topliss-reactive ketones (excluding diaryl/α,β-unsaturated/α-hetero) is 1. The van der Waals surface area contributed by atoms with Crippen molar-refractivity contribution < 1.29 is 4.79 Å². The first-order valence-corrected chi connectivity index (χ1v) is 4.45. The second-order valence-electron chi connectivity index (χ2n) is 3.30. The maximum Gasteiger partial charge on any atom is 0.260 e. The molecule has 0 aromatic carbocycles. The third kappa shape index (κ3) is 1.41. The van der Waals surface area contributed by atoms with Crippen LogP contribution >= 0.6 is 0 Å². The van der Waals surface area contributed by atoms with E-state index < -0.39 is 5.56 Å². The van der Waals surface area contributed by atoms with Crippen LogP contribution in [0.5, 0.6) is 0 Å². The van der Waals surface area contributed by atoms with Crippen LogP contribution in [0, 0.1) is 6.92 Å². The van der Waals surface area contributed by atoms with E-state index in [4.69, 9.17) is 0 Å². The molecule has 0 saturated heterocycles.